The maximum atomic E-state index is 13.8. The van der Waals surface area contributed by atoms with Crippen molar-refractivity contribution in [1.82, 2.24) is 0 Å². The van der Waals surface area contributed by atoms with E-state index in [9.17, 15) is 9.90 Å². The molecule has 0 heterocycles. The third-order valence-corrected chi connectivity index (χ3v) is 13.8. The van der Waals surface area contributed by atoms with E-state index in [2.05, 4.69) is 27.7 Å². The molecule has 0 atom stereocenters. The van der Waals surface area contributed by atoms with Crippen LogP contribution in [0.4, 0.5) is 0 Å². The maximum absolute atomic E-state index is 13.8. The molecule has 6 heteroatoms. The Labute approximate surface area is 426 Å². The summed E-state index contributed by atoms with van der Waals surface area (Å²) in [6.45, 7) is 11.5. The molecule has 1 N–H and O–H groups in total. The number of rotatable bonds is 51. The fourth-order valence-corrected chi connectivity index (χ4v) is 9.17. The van der Waals surface area contributed by atoms with E-state index in [1.54, 1.807) is 12.1 Å². The zero-order valence-corrected chi connectivity index (χ0v) is 45.6. The highest BCUT2D eigenvalue weighted by atomic mass is 16.5. The molecule has 0 aliphatic carbocycles. The highest BCUT2D eigenvalue weighted by Crippen LogP contribution is 2.33. The smallest absolute Gasteiger partial charge is 0.189 e. The fourth-order valence-electron chi connectivity index (χ4n) is 9.17. The first-order chi connectivity index (χ1) is 34.0. The van der Waals surface area contributed by atoms with Crippen LogP contribution in [0.3, 0.4) is 0 Å². The first kappa shape index (κ1) is 62.0. The van der Waals surface area contributed by atoms with Crippen molar-refractivity contribution in [2.24, 2.45) is 0 Å². The van der Waals surface area contributed by atoms with Crippen molar-refractivity contribution in [3.05, 3.63) is 53.6 Å². The SMILES string of the molecule is CCCCCCCCCCCCOc1ccc(C(=O)/C=C(\O)c2ccc(OCCCCCCCCCCCC)c(OCCCCCCCCCCCC)c2)cc1OCCCCCCCCCCCC. The van der Waals surface area contributed by atoms with Crippen LogP contribution in [0.2, 0.25) is 0 Å². The lowest BCUT2D eigenvalue weighted by Gasteiger charge is -2.15. The van der Waals surface area contributed by atoms with E-state index in [0.717, 1.165) is 51.4 Å². The van der Waals surface area contributed by atoms with Gasteiger partial charge in [-0.05, 0) is 62.1 Å². The Bertz CT molecular complexity index is 1500. The molecule has 0 spiro atoms. The standard InChI is InChI=1S/C63H108O6/c1-5-9-13-17-21-25-29-33-37-41-49-66-60-47-45-56(53-62(60)68-51-43-39-35-31-27-23-19-15-11-7-3)58(64)55-59(65)57-46-48-61(67-50-42-38-34-30-26-22-18-14-10-6-2)63(54-57)69-52-44-40-36-32-28-24-20-16-12-8-4/h45-48,53-55,64H,5-44,49-52H2,1-4H3/b58-55-. The second-order valence-corrected chi connectivity index (χ2v) is 20.3. The second kappa shape index (κ2) is 46.0. The van der Waals surface area contributed by atoms with E-state index < -0.39 is 0 Å². The molecule has 0 aromatic heterocycles. The first-order valence-corrected chi connectivity index (χ1v) is 29.8. The van der Waals surface area contributed by atoms with Crippen LogP contribution in [0.25, 0.3) is 5.76 Å². The molecule has 0 saturated carbocycles. The molecule has 2 aromatic carbocycles. The summed E-state index contributed by atoms with van der Waals surface area (Å²) in [4.78, 5) is 13.8. The molecule has 6 nitrogen and oxygen atoms in total. The second-order valence-electron chi connectivity index (χ2n) is 20.3. The van der Waals surface area contributed by atoms with Gasteiger partial charge in [-0.3, -0.25) is 4.79 Å². The lowest BCUT2D eigenvalue weighted by Crippen LogP contribution is -2.05. The number of hydrogen-bond donors (Lipinski definition) is 1. The van der Waals surface area contributed by atoms with Crippen LogP contribution in [0.5, 0.6) is 23.0 Å². The molecular weight excluding hydrogens is 853 g/mol. The van der Waals surface area contributed by atoms with Crippen molar-refractivity contribution >= 4 is 11.5 Å². The van der Waals surface area contributed by atoms with Gasteiger partial charge in [0.05, 0.1) is 26.4 Å². The van der Waals surface area contributed by atoms with Gasteiger partial charge in [-0.2, -0.15) is 0 Å². The lowest BCUT2D eigenvalue weighted by molar-refractivity contribution is 0.104. The minimum Gasteiger partial charge on any atom is -0.507 e. The van der Waals surface area contributed by atoms with Crippen LogP contribution >= 0.6 is 0 Å². The predicted octanol–water partition coefficient (Wildman–Crippen LogP) is 20.7. The van der Waals surface area contributed by atoms with Gasteiger partial charge in [0, 0.05) is 17.2 Å². The zero-order valence-electron chi connectivity index (χ0n) is 45.6. The van der Waals surface area contributed by atoms with Crippen molar-refractivity contribution < 1.29 is 28.8 Å². The fraction of sp³-hybridized carbons (Fsp3) is 0.762. The quantitative estimate of drug-likeness (QED) is 0.0308. The minimum atomic E-state index is -0.286. The van der Waals surface area contributed by atoms with E-state index in [4.69, 9.17) is 18.9 Å². The third-order valence-electron chi connectivity index (χ3n) is 13.8. The van der Waals surface area contributed by atoms with E-state index in [1.165, 1.54) is 212 Å². The third kappa shape index (κ3) is 34.0. The molecule has 69 heavy (non-hydrogen) atoms. The van der Waals surface area contributed by atoms with Gasteiger partial charge in [0.25, 0.3) is 0 Å². The molecule has 0 radical (unpaired) electrons. The predicted molar refractivity (Wildman–Crippen MR) is 297 cm³/mol. The summed E-state index contributed by atoms with van der Waals surface area (Å²) in [5.74, 6) is 2.21. The van der Waals surface area contributed by atoms with Crippen LogP contribution < -0.4 is 18.9 Å². The lowest BCUT2D eigenvalue weighted by atomic mass is 10.1. The molecule has 0 unspecified atom stereocenters. The summed E-state index contributed by atoms with van der Waals surface area (Å²) >= 11 is 0. The summed E-state index contributed by atoms with van der Waals surface area (Å²) in [5, 5.41) is 11.4. The van der Waals surface area contributed by atoms with Gasteiger partial charge in [0.1, 0.15) is 5.76 Å². The number of ether oxygens (including phenoxy) is 4. The first-order valence-electron chi connectivity index (χ1n) is 29.8. The number of allylic oxidation sites excluding steroid dienone is 1. The Morgan fingerprint density at radius 3 is 0.855 bits per heavy atom. The van der Waals surface area contributed by atoms with Crippen molar-refractivity contribution in [3.8, 4) is 23.0 Å². The largest absolute Gasteiger partial charge is 0.507 e. The van der Waals surface area contributed by atoms with Gasteiger partial charge in [0.15, 0.2) is 28.8 Å². The van der Waals surface area contributed by atoms with E-state index in [1.807, 2.05) is 24.3 Å². The van der Waals surface area contributed by atoms with Gasteiger partial charge in [-0.25, -0.2) is 0 Å². The van der Waals surface area contributed by atoms with Crippen LogP contribution in [0.15, 0.2) is 42.5 Å². The molecule has 0 aliphatic rings. The number of unbranched alkanes of at least 4 members (excludes halogenated alkanes) is 36. The Morgan fingerprint density at radius 1 is 0.333 bits per heavy atom. The highest BCUT2D eigenvalue weighted by Gasteiger charge is 2.15. The van der Waals surface area contributed by atoms with E-state index >= 15 is 0 Å². The number of hydrogen-bond acceptors (Lipinski definition) is 6. The van der Waals surface area contributed by atoms with Gasteiger partial charge in [0.2, 0.25) is 0 Å². The van der Waals surface area contributed by atoms with Crippen molar-refractivity contribution in [2.45, 2.75) is 285 Å². The van der Waals surface area contributed by atoms with Crippen LogP contribution in [-0.4, -0.2) is 37.3 Å². The van der Waals surface area contributed by atoms with E-state index in [-0.39, 0.29) is 11.5 Å². The molecule has 0 aliphatic heterocycles. The molecule has 0 saturated heterocycles. The molecule has 2 aromatic rings. The van der Waals surface area contributed by atoms with Crippen molar-refractivity contribution in [1.29, 1.82) is 0 Å². The molecule has 0 amide bonds. The number of ketones is 1. The van der Waals surface area contributed by atoms with Crippen LogP contribution in [0, 0.1) is 0 Å². The number of carbonyl (C=O) groups is 1. The average molecular weight is 962 g/mol. The number of carbonyl (C=O) groups excluding carboxylic acids is 1. The van der Waals surface area contributed by atoms with Gasteiger partial charge in [-0.1, -0.05) is 259 Å². The molecule has 396 valence electrons. The summed E-state index contributed by atoms with van der Waals surface area (Å²) in [7, 11) is 0. The molecular formula is C63H108O6. The average Bonchev–Trinajstić information content (AvgIpc) is 3.36. The number of aliphatic hydroxyl groups excluding tert-OH is 1. The Hall–Kier alpha value is -3.15. The van der Waals surface area contributed by atoms with Crippen molar-refractivity contribution in [2.75, 3.05) is 26.4 Å². The Kier molecular flexibility index (Phi) is 41.3. The minimum absolute atomic E-state index is 0.0980. The van der Waals surface area contributed by atoms with Crippen LogP contribution in [0.1, 0.15) is 300 Å². The Morgan fingerprint density at radius 2 is 0.565 bits per heavy atom. The Balaban J connectivity index is 2.06. The normalized spacial score (nSPS) is 11.6. The van der Waals surface area contributed by atoms with Gasteiger partial charge >= 0.3 is 0 Å². The van der Waals surface area contributed by atoms with Crippen molar-refractivity contribution in [3.63, 3.8) is 0 Å². The van der Waals surface area contributed by atoms with Crippen LogP contribution in [-0.2, 0) is 0 Å². The molecule has 2 rings (SSSR count). The van der Waals surface area contributed by atoms with E-state index in [0.29, 0.717) is 60.6 Å². The monoisotopic (exact) mass is 961 g/mol. The maximum Gasteiger partial charge on any atom is 0.189 e. The molecule has 0 fully saturated rings. The van der Waals surface area contributed by atoms with Gasteiger partial charge < -0.3 is 24.1 Å². The summed E-state index contributed by atoms with van der Waals surface area (Å²) < 4.78 is 25.3. The molecule has 0 bridgehead atoms. The topological polar surface area (TPSA) is 74.2 Å². The summed E-state index contributed by atoms with van der Waals surface area (Å²) in [6, 6.07) is 11.0. The number of benzene rings is 2. The summed E-state index contributed by atoms with van der Waals surface area (Å²) in [6.07, 6.45) is 52.1. The summed E-state index contributed by atoms with van der Waals surface area (Å²) in [5.41, 5.74) is 0.987. The van der Waals surface area contributed by atoms with Gasteiger partial charge in [-0.15, -0.1) is 0 Å². The zero-order chi connectivity index (χ0) is 49.5. The number of aliphatic hydroxyl groups is 1. The highest BCUT2D eigenvalue weighted by molar-refractivity contribution is 6.08.